The molecule has 2 aromatic carbocycles. The lowest BCUT2D eigenvalue weighted by molar-refractivity contribution is -0.148. The highest BCUT2D eigenvalue weighted by Crippen LogP contribution is 2.46. The molecule has 3 aliphatic heterocycles. The fraction of sp³-hybridized carbons (Fsp3) is 0.333. The van der Waals surface area contributed by atoms with Gasteiger partial charge in [-0.25, -0.2) is 0 Å². The first-order valence-electron chi connectivity index (χ1n) is 14.5. The molecule has 46 heavy (non-hydrogen) atoms. The molecule has 13 nitrogen and oxygen atoms in total. The molecule has 1 fully saturated rings. The summed E-state index contributed by atoms with van der Waals surface area (Å²) < 4.78 is 21.5. The van der Waals surface area contributed by atoms with Gasteiger partial charge in [-0.15, -0.1) is 0 Å². The Morgan fingerprint density at radius 2 is 1.30 bits per heavy atom. The first-order chi connectivity index (χ1) is 21.8. The number of aromatic hydroxyl groups is 2. The van der Waals surface area contributed by atoms with E-state index in [2.05, 4.69) is 4.74 Å². The number of carbonyl (C=O) groups excluding carboxylic acids is 6. The lowest BCUT2D eigenvalue weighted by atomic mass is 9.75. The Morgan fingerprint density at radius 1 is 0.783 bits per heavy atom. The molecular weight excluding hydrogens is 604 g/mol. The number of esters is 2. The van der Waals surface area contributed by atoms with Gasteiger partial charge in [-0.05, 0) is 49.2 Å². The van der Waals surface area contributed by atoms with Gasteiger partial charge < -0.3 is 34.3 Å². The largest absolute Gasteiger partial charge is 0.507 e. The fourth-order valence-corrected chi connectivity index (χ4v) is 7.08. The topological polar surface area (TPSA) is 200 Å². The molecule has 1 saturated heterocycles. The van der Waals surface area contributed by atoms with Crippen molar-refractivity contribution in [2.45, 2.75) is 63.3 Å². The molecular formula is C33H26O13. The number of aliphatic hydroxyl groups is 1. The Kier molecular flexibility index (Phi) is 6.64. The second kappa shape index (κ2) is 10.3. The van der Waals surface area contributed by atoms with Gasteiger partial charge in [0, 0.05) is 27.8 Å². The molecule has 7 rings (SSSR count). The van der Waals surface area contributed by atoms with Gasteiger partial charge in [0.1, 0.15) is 23.7 Å². The third-order valence-corrected chi connectivity index (χ3v) is 9.13. The average molecular weight is 631 g/mol. The van der Waals surface area contributed by atoms with Crippen molar-refractivity contribution in [2.24, 2.45) is 0 Å². The van der Waals surface area contributed by atoms with E-state index in [4.69, 9.17) is 14.2 Å². The van der Waals surface area contributed by atoms with Gasteiger partial charge in [-0.2, -0.15) is 0 Å². The van der Waals surface area contributed by atoms with E-state index >= 15 is 0 Å². The summed E-state index contributed by atoms with van der Waals surface area (Å²) in [6.45, 7) is 3.06. The molecule has 3 heterocycles. The maximum Gasteiger partial charge on any atom is 0.309 e. The number of ether oxygens (including phenoxy) is 4. The molecule has 0 saturated carbocycles. The van der Waals surface area contributed by atoms with Crippen LogP contribution in [0.1, 0.15) is 68.1 Å². The minimum atomic E-state index is -1.65. The standard InChI is InChI=1S/C33H26O13/c1-10-22-26(30(40)18(44-10)8-20(36)43-3)31(41)24-14(28(22)38)4-12(6-16(24)34)13-5-15-25(17(35)7-13)32(42)27-23(29(15)39)11(2)45-19-9-21(37)46-33(19)27/h4-7,10-11,18-19,30,33-35,40H,8-9H2,1-3H3. The lowest BCUT2D eigenvalue weighted by Gasteiger charge is -2.37. The number of benzene rings is 2. The Hall–Kier alpha value is -4.98. The zero-order chi connectivity index (χ0) is 32.9. The molecule has 6 atom stereocenters. The lowest BCUT2D eigenvalue weighted by Crippen LogP contribution is -2.47. The van der Waals surface area contributed by atoms with Crippen molar-refractivity contribution in [3.05, 3.63) is 68.8 Å². The van der Waals surface area contributed by atoms with Gasteiger partial charge in [-0.1, -0.05) is 0 Å². The van der Waals surface area contributed by atoms with Crippen molar-refractivity contribution in [1.82, 2.24) is 0 Å². The summed E-state index contributed by atoms with van der Waals surface area (Å²) >= 11 is 0. The van der Waals surface area contributed by atoms with Gasteiger partial charge in [0.15, 0.2) is 29.2 Å². The van der Waals surface area contributed by atoms with E-state index in [0.717, 1.165) is 13.2 Å². The minimum Gasteiger partial charge on any atom is -0.507 e. The Balaban J connectivity index is 1.30. The van der Waals surface area contributed by atoms with E-state index < -0.39 is 83.2 Å². The van der Waals surface area contributed by atoms with Crippen LogP contribution in [0.3, 0.4) is 0 Å². The smallest absolute Gasteiger partial charge is 0.309 e. The van der Waals surface area contributed by atoms with Crippen molar-refractivity contribution in [3.8, 4) is 22.6 Å². The Labute approximate surface area is 260 Å². The third kappa shape index (κ3) is 4.12. The van der Waals surface area contributed by atoms with Crippen LogP contribution in [-0.4, -0.2) is 94.1 Å². The molecule has 0 bridgehead atoms. The van der Waals surface area contributed by atoms with Crippen molar-refractivity contribution >= 4 is 35.1 Å². The van der Waals surface area contributed by atoms with Gasteiger partial charge in [0.25, 0.3) is 0 Å². The molecule has 0 amide bonds. The highest BCUT2D eigenvalue weighted by Gasteiger charge is 2.52. The fourth-order valence-electron chi connectivity index (χ4n) is 7.08. The van der Waals surface area contributed by atoms with Crippen LogP contribution in [-0.2, 0) is 28.5 Å². The second-order valence-corrected chi connectivity index (χ2v) is 11.8. The number of rotatable bonds is 3. The quantitative estimate of drug-likeness (QED) is 0.416. The van der Waals surface area contributed by atoms with Gasteiger partial charge in [-0.3, -0.25) is 28.8 Å². The van der Waals surface area contributed by atoms with E-state index in [1.807, 2.05) is 0 Å². The number of aliphatic hydroxyl groups excluding tert-OH is 1. The predicted octanol–water partition coefficient (Wildman–Crippen LogP) is 1.93. The summed E-state index contributed by atoms with van der Waals surface area (Å²) in [5.74, 6) is -5.27. The molecule has 0 aromatic heterocycles. The number of methoxy groups -OCH3 is 1. The number of fused-ring (bicyclic) bond motifs is 4. The number of Topliss-reactive ketones (excluding diaryl/α,β-unsaturated/α-hetero) is 4. The number of phenolic OH excluding ortho intramolecular Hbond substituents is 2. The van der Waals surface area contributed by atoms with Crippen molar-refractivity contribution in [1.29, 1.82) is 0 Å². The summed E-state index contributed by atoms with van der Waals surface area (Å²) in [4.78, 5) is 78.7. The predicted molar refractivity (Wildman–Crippen MR) is 152 cm³/mol. The number of phenols is 2. The minimum absolute atomic E-state index is 0.00822. The maximum atomic E-state index is 13.8. The SMILES string of the molecule is COC(=O)CC1OC(C)C2=C(C(=O)c3c(O)cc(-c4cc(O)c5c(c4)C(=O)C4=C(C5=O)C5OC(=O)CC5OC4C)cc3C2=O)C1O. The van der Waals surface area contributed by atoms with Crippen LogP contribution >= 0.6 is 0 Å². The molecule has 0 radical (unpaired) electrons. The third-order valence-electron chi connectivity index (χ3n) is 9.13. The summed E-state index contributed by atoms with van der Waals surface area (Å²) in [7, 11) is 1.16. The molecule has 2 aliphatic carbocycles. The highest BCUT2D eigenvalue weighted by molar-refractivity contribution is 6.30. The zero-order valence-electron chi connectivity index (χ0n) is 24.6. The molecule has 236 valence electrons. The molecule has 2 aromatic rings. The van der Waals surface area contributed by atoms with Crippen LogP contribution in [0.25, 0.3) is 11.1 Å². The molecule has 5 aliphatic rings. The molecule has 0 spiro atoms. The van der Waals surface area contributed by atoms with Crippen LogP contribution in [0.5, 0.6) is 11.5 Å². The normalized spacial score (nSPS) is 28.3. The van der Waals surface area contributed by atoms with Crippen LogP contribution < -0.4 is 0 Å². The Morgan fingerprint density at radius 3 is 1.87 bits per heavy atom. The monoisotopic (exact) mass is 630 g/mol. The van der Waals surface area contributed by atoms with Crippen molar-refractivity contribution in [3.63, 3.8) is 0 Å². The first-order valence-corrected chi connectivity index (χ1v) is 14.5. The second-order valence-electron chi connectivity index (χ2n) is 11.8. The van der Waals surface area contributed by atoms with E-state index in [0.29, 0.717) is 0 Å². The first kappa shape index (κ1) is 29.7. The molecule has 3 N–H and O–H groups in total. The molecule has 13 heteroatoms. The van der Waals surface area contributed by atoms with Gasteiger partial charge in [0.05, 0.1) is 55.0 Å². The highest BCUT2D eigenvalue weighted by atomic mass is 16.6. The average Bonchev–Trinajstić information content (AvgIpc) is 3.38. The van der Waals surface area contributed by atoms with Crippen molar-refractivity contribution < 1.29 is 63.0 Å². The zero-order valence-corrected chi connectivity index (χ0v) is 24.6. The van der Waals surface area contributed by atoms with E-state index in [-0.39, 0.29) is 68.5 Å². The van der Waals surface area contributed by atoms with E-state index in [1.165, 1.54) is 25.1 Å². The number of ketones is 4. The summed E-state index contributed by atoms with van der Waals surface area (Å²) in [5.41, 5.74) is -1.18. The van der Waals surface area contributed by atoms with Gasteiger partial charge in [0.2, 0.25) is 0 Å². The molecule has 6 unspecified atom stereocenters. The summed E-state index contributed by atoms with van der Waals surface area (Å²) in [6.07, 6.45) is -6.94. The van der Waals surface area contributed by atoms with Crippen LogP contribution in [0.4, 0.5) is 0 Å². The number of hydrogen-bond acceptors (Lipinski definition) is 13. The van der Waals surface area contributed by atoms with Crippen LogP contribution in [0.2, 0.25) is 0 Å². The Bertz CT molecular complexity index is 1910. The van der Waals surface area contributed by atoms with Crippen LogP contribution in [0, 0.1) is 0 Å². The number of carbonyl (C=O) groups is 6. The van der Waals surface area contributed by atoms with Gasteiger partial charge >= 0.3 is 11.9 Å². The maximum absolute atomic E-state index is 13.8. The van der Waals surface area contributed by atoms with E-state index in [9.17, 15) is 44.1 Å². The van der Waals surface area contributed by atoms with Crippen LogP contribution in [0.15, 0.2) is 46.6 Å². The summed E-state index contributed by atoms with van der Waals surface area (Å²) in [6, 6.07) is 4.97. The van der Waals surface area contributed by atoms with E-state index in [1.54, 1.807) is 6.92 Å². The number of hydrogen-bond donors (Lipinski definition) is 3. The van der Waals surface area contributed by atoms with Crippen molar-refractivity contribution in [2.75, 3.05) is 7.11 Å². The summed E-state index contributed by atoms with van der Waals surface area (Å²) in [5, 5.41) is 33.1.